The number of fused-ring (bicyclic) bond motifs is 1. The fourth-order valence-electron chi connectivity index (χ4n) is 4.14. The van der Waals surface area contributed by atoms with Gasteiger partial charge in [-0.2, -0.15) is 0 Å². The monoisotopic (exact) mass is 428 g/mol. The van der Waals surface area contributed by atoms with Gasteiger partial charge in [-0.05, 0) is 75.6 Å². The number of nitrogens with zero attached hydrogens (tertiary/aromatic N) is 1. The van der Waals surface area contributed by atoms with E-state index in [1.165, 1.54) is 0 Å². The van der Waals surface area contributed by atoms with Crippen LogP contribution in [0.5, 0.6) is 0 Å². The Hall–Kier alpha value is -3.17. The lowest BCUT2D eigenvalue weighted by Gasteiger charge is -2.17. The van der Waals surface area contributed by atoms with E-state index < -0.39 is 0 Å². The number of hydrogen-bond acceptors (Lipinski definition) is 2. The Morgan fingerprint density at radius 3 is 2.19 bits per heavy atom. The van der Waals surface area contributed by atoms with Crippen molar-refractivity contribution in [3.63, 3.8) is 0 Å². The molecular formula is C27H25ClN2O. The molecule has 1 N–H and O–H groups in total. The van der Waals surface area contributed by atoms with Crippen LogP contribution in [0.1, 0.15) is 38.2 Å². The average molecular weight is 429 g/mol. The number of halogens is 1. The van der Waals surface area contributed by atoms with E-state index in [0.717, 1.165) is 55.7 Å². The summed E-state index contributed by atoms with van der Waals surface area (Å²) in [4.78, 5) is 18.6. The Kier molecular flexibility index (Phi) is 5.55. The maximum Gasteiger partial charge on any atom is 0.256 e. The van der Waals surface area contributed by atoms with Crippen LogP contribution >= 0.6 is 11.6 Å². The molecule has 0 saturated heterocycles. The van der Waals surface area contributed by atoms with Gasteiger partial charge in [-0.1, -0.05) is 53.1 Å². The first-order valence-corrected chi connectivity index (χ1v) is 10.7. The Labute approximate surface area is 188 Å². The number of carbonyl (C=O) groups is 1. The lowest BCUT2D eigenvalue weighted by molar-refractivity contribution is 0.102. The van der Waals surface area contributed by atoms with E-state index in [-0.39, 0.29) is 5.91 Å². The summed E-state index contributed by atoms with van der Waals surface area (Å²) >= 11 is 6.09. The molecule has 0 bridgehead atoms. The van der Waals surface area contributed by atoms with Crippen LogP contribution in [0.15, 0.2) is 54.6 Å². The van der Waals surface area contributed by atoms with Crippen molar-refractivity contribution >= 4 is 34.1 Å². The van der Waals surface area contributed by atoms with Crippen molar-refractivity contribution in [2.75, 3.05) is 5.32 Å². The summed E-state index contributed by atoms with van der Waals surface area (Å²) in [6.45, 7) is 10.1. The van der Waals surface area contributed by atoms with E-state index in [1.54, 1.807) is 0 Å². The van der Waals surface area contributed by atoms with Crippen molar-refractivity contribution in [3.05, 3.63) is 93.0 Å². The summed E-state index contributed by atoms with van der Waals surface area (Å²) in [6.07, 6.45) is 0. The second kappa shape index (κ2) is 8.16. The van der Waals surface area contributed by atoms with Crippen molar-refractivity contribution < 1.29 is 4.79 Å². The predicted molar refractivity (Wildman–Crippen MR) is 130 cm³/mol. The van der Waals surface area contributed by atoms with Gasteiger partial charge in [0.25, 0.3) is 5.91 Å². The Bertz CT molecular complexity index is 1320. The van der Waals surface area contributed by atoms with E-state index in [1.807, 2.05) is 77.1 Å². The molecule has 4 heteroatoms. The minimum Gasteiger partial charge on any atom is -0.322 e. The van der Waals surface area contributed by atoms with Gasteiger partial charge < -0.3 is 5.32 Å². The highest BCUT2D eigenvalue weighted by Gasteiger charge is 2.21. The molecule has 0 saturated carbocycles. The van der Waals surface area contributed by atoms with Crippen molar-refractivity contribution in [2.24, 2.45) is 0 Å². The highest BCUT2D eigenvalue weighted by atomic mass is 35.5. The molecule has 0 spiro atoms. The first kappa shape index (κ1) is 21.1. The van der Waals surface area contributed by atoms with E-state index in [9.17, 15) is 4.79 Å². The van der Waals surface area contributed by atoms with Crippen molar-refractivity contribution in [1.82, 2.24) is 4.98 Å². The predicted octanol–water partition coefficient (Wildman–Crippen LogP) is 7.35. The summed E-state index contributed by atoms with van der Waals surface area (Å²) in [5, 5.41) is 4.66. The molecule has 0 unspecified atom stereocenters. The molecule has 4 rings (SSSR count). The van der Waals surface area contributed by atoms with E-state index in [4.69, 9.17) is 16.6 Å². The molecule has 1 aromatic heterocycles. The minimum atomic E-state index is -0.128. The largest absolute Gasteiger partial charge is 0.322 e. The molecule has 4 aromatic rings. The molecule has 1 heterocycles. The van der Waals surface area contributed by atoms with Crippen LogP contribution < -0.4 is 5.32 Å². The summed E-state index contributed by atoms with van der Waals surface area (Å²) in [6, 6.07) is 17.8. The second-order valence-corrected chi connectivity index (χ2v) is 8.65. The minimum absolute atomic E-state index is 0.128. The zero-order valence-corrected chi connectivity index (χ0v) is 19.2. The van der Waals surface area contributed by atoms with Gasteiger partial charge in [-0.3, -0.25) is 4.79 Å². The fourth-order valence-corrected chi connectivity index (χ4v) is 4.26. The maximum absolute atomic E-state index is 13.6. The number of benzene rings is 3. The molecular weight excluding hydrogens is 404 g/mol. The van der Waals surface area contributed by atoms with Crippen molar-refractivity contribution in [2.45, 2.75) is 34.6 Å². The Morgan fingerprint density at radius 1 is 0.839 bits per heavy atom. The Morgan fingerprint density at radius 2 is 1.52 bits per heavy atom. The number of pyridine rings is 1. The number of rotatable bonds is 3. The van der Waals surface area contributed by atoms with Crippen molar-refractivity contribution in [3.8, 4) is 11.3 Å². The lowest BCUT2D eigenvalue weighted by atomic mass is 9.94. The molecule has 3 nitrogen and oxygen atoms in total. The number of anilines is 1. The average Bonchev–Trinajstić information content (AvgIpc) is 2.70. The number of aryl methyl sites for hydroxylation is 4. The van der Waals surface area contributed by atoms with Gasteiger partial charge >= 0.3 is 0 Å². The van der Waals surface area contributed by atoms with Gasteiger partial charge in [0.1, 0.15) is 0 Å². The molecule has 0 radical (unpaired) electrons. The van der Waals surface area contributed by atoms with Gasteiger partial charge in [-0.15, -0.1) is 0 Å². The highest BCUT2D eigenvalue weighted by molar-refractivity contribution is 6.30. The fraction of sp³-hybridized carbons (Fsp3) is 0.185. The summed E-state index contributed by atoms with van der Waals surface area (Å²) in [5.41, 5.74) is 9.24. The van der Waals surface area contributed by atoms with Crippen LogP contribution in [0, 0.1) is 34.6 Å². The summed E-state index contributed by atoms with van der Waals surface area (Å²) < 4.78 is 0. The number of carbonyl (C=O) groups excluding carboxylic acids is 1. The number of nitrogens with one attached hydrogen (secondary N) is 1. The SMILES string of the molecule is Cc1ccc(NC(=O)c2c(C)c(-c3ccc(Cl)cc3)nc3c(C)cc(C)cc23)c(C)c1. The van der Waals surface area contributed by atoms with Crippen LogP contribution in [0.4, 0.5) is 5.69 Å². The first-order chi connectivity index (χ1) is 14.7. The highest BCUT2D eigenvalue weighted by Crippen LogP contribution is 2.33. The number of aromatic nitrogens is 1. The Balaban J connectivity index is 1.94. The molecule has 31 heavy (non-hydrogen) atoms. The standard InChI is InChI=1S/C27H25ClN2O/c1-15-6-11-23(17(3)12-15)29-27(31)24-19(5)26(20-7-9-21(28)10-8-20)30-25-18(4)13-16(2)14-22(24)25/h6-14H,1-5H3,(H,29,31). The molecule has 0 aliphatic carbocycles. The maximum atomic E-state index is 13.6. The van der Waals surface area contributed by atoms with E-state index in [0.29, 0.717) is 10.6 Å². The quantitative estimate of drug-likeness (QED) is 0.370. The normalized spacial score (nSPS) is 11.0. The molecule has 0 aliphatic heterocycles. The summed E-state index contributed by atoms with van der Waals surface area (Å²) in [7, 11) is 0. The van der Waals surface area contributed by atoms with E-state index >= 15 is 0 Å². The second-order valence-electron chi connectivity index (χ2n) is 8.22. The first-order valence-electron chi connectivity index (χ1n) is 10.3. The zero-order chi connectivity index (χ0) is 22.3. The molecule has 156 valence electrons. The van der Waals surface area contributed by atoms with Gasteiger partial charge in [0, 0.05) is 21.7 Å². The molecule has 1 amide bonds. The van der Waals surface area contributed by atoms with E-state index in [2.05, 4.69) is 17.4 Å². The van der Waals surface area contributed by atoms with Crippen LogP contribution in [0.25, 0.3) is 22.2 Å². The molecule has 3 aromatic carbocycles. The third-order valence-corrected chi connectivity index (χ3v) is 5.89. The van der Waals surface area contributed by atoms with Crippen LogP contribution in [0.3, 0.4) is 0 Å². The van der Waals surface area contributed by atoms with Crippen molar-refractivity contribution in [1.29, 1.82) is 0 Å². The smallest absolute Gasteiger partial charge is 0.256 e. The van der Waals surface area contributed by atoms with Crippen LogP contribution in [0.2, 0.25) is 5.02 Å². The van der Waals surface area contributed by atoms with Gasteiger partial charge in [0.15, 0.2) is 0 Å². The molecule has 0 atom stereocenters. The van der Waals surface area contributed by atoms with Gasteiger partial charge in [0.05, 0.1) is 16.8 Å². The lowest BCUT2D eigenvalue weighted by Crippen LogP contribution is -2.16. The number of hydrogen-bond donors (Lipinski definition) is 1. The zero-order valence-electron chi connectivity index (χ0n) is 18.4. The van der Waals surface area contributed by atoms with Gasteiger partial charge in [0.2, 0.25) is 0 Å². The van der Waals surface area contributed by atoms with Crippen LogP contribution in [-0.2, 0) is 0 Å². The summed E-state index contributed by atoms with van der Waals surface area (Å²) in [5.74, 6) is -0.128. The van der Waals surface area contributed by atoms with Crippen LogP contribution in [-0.4, -0.2) is 10.9 Å². The third-order valence-electron chi connectivity index (χ3n) is 5.64. The topological polar surface area (TPSA) is 42.0 Å². The third kappa shape index (κ3) is 4.06. The molecule has 0 aliphatic rings. The molecule has 0 fully saturated rings. The number of amides is 1. The van der Waals surface area contributed by atoms with Gasteiger partial charge in [-0.25, -0.2) is 4.98 Å².